The molecule has 0 bridgehead atoms. The minimum absolute atomic E-state index is 0.173. The minimum Gasteiger partial charge on any atom is -0.336 e. The predicted octanol–water partition coefficient (Wildman–Crippen LogP) is 1.39. The van der Waals surface area contributed by atoms with E-state index in [4.69, 9.17) is 0 Å². The van der Waals surface area contributed by atoms with Gasteiger partial charge in [-0.2, -0.15) is 4.31 Å². The van der Waals surface area contributed by atoms with Crippen molar-refractivity contribution >= 4 is 26.8 Å². The van der Waals surface area contributed by atoms with Crippen LogP contribution in [0.25, 0.3) is 10.9 Å². The maximum atomic E-state index is 13.3. The molecule has 0 spiro atoms. The normalized spacial score (nSPS) is 15.5. The van der Waals surface area contributed by atoms with E-state index in [0.717, 1.165) is 10.9 Å². The first-order valence-electron chi connectivity index (χ1n) is 9.59. The zero-order valence-electron chi connectivity index (χ0n) is 16.8. The molecular formula is C21H22N4O4S. The number of sulfonamides is 1. The van der Waals surface area contributed by atoms with E-state index in [0.29, 0.717) is 11.1 Å². The van der Waals surface area contributed by atoms with Crippen molar-refractivity contribution in [2.45, 2.75) is 11.8 Å². The maximum absolute atomic E-state index is 13.3. The summed E-state index contributed by atoms with van der Waals surface area (Å²) in [6.07, 6.45) is 3.20. The van der Waals surface area contributed by atoms with Crippen LogP contribution < -0.4 is 5.56 Å². The van der Waals surface area contributed by atoms with Crippen molar-refractivity contribution in [3.8, 4) is 0 Å². The number of carbonyl (C=O) groups excluding carboxylic acids is 1. The third-order valence-corrected chi connectivity index (χ3v) is 7.24. The smallest absolute Gasteiger partial charge is 0.254 e. The lowest BCUT2D eigenvalue weighted by Crippen LogP contribution is -2.50. The molecule has 8 nitrogen and oxygen atoms in total. The second kappa shape index (κ2) is 7.66. The lowest BCUT2D eigenvalue weighted by Gasteiger charge is -2.34. The molecule has 9 heteroatoms. The summed E-state index contributed by atoms with van der Waals surface area (Å²) < 4.78 is 29.3. The molecule has 3 aromatic rings. The Balaban J connectivity index is 1.54. The van der Waals surface area contributed by atoms with Gasteiger partial charge in [0.1, 0.15) is 4.90 Å². The molecule has 0 radical (unpaired) electrons. The van der Waals surface area contributed by atoms with E-state index in [1.54, 1.807) is 42.5 Å². The summed E-state index contributed by atoms with van der Waals surface area (Å²) in [7, 11) is -2.13. The first-order valence-corrected chi connectivity index (χ1v) is 11.0. The van der Waals surface area contributed by atoms with Crippen molar-refractivity contribution < 1.29 is 13.2 Å². The van der Waals surface area contributed by atoms with E-state index in [-0.39, 0.29) is 42.5 Å². The summed E-state index contributed by atoms with van der Waals surface area (Å²) >= 11 is 0. The number of amides is 1. The Morgan fingerprint density at radius 3 is 2.50 bits per heavy atom. The van der Waals surface area contributed by atoms with Gasteiger partial charge in [0.05, 0.1) is 5.52 Å². The number of hydrogen-bond donors (Lipinski definition) is 0. The highest BCUT2D eigenvalue weighted by Crippen LogP contribution is 2.25. The number of hydrogen-bond acceptors (Lipinski definition) is 5. The van der Waals surface area contributed by atoms with Gasteiger partial charge in [0, 0.05) is 62.6 Å². The summed E-state index contributed by atoms with van der Waals surface area (Å²) in [5, 5.41) is 0.774. The van der Waals surface area contributed by atoms with Gasteiger partial charge in [-0.05, 0) is 30.7 Å². The van der Waals surface area contributed by atoms with Gasteiger partial charge in [0.2, 0.25) is 10.0 Å². The van der Waals surface area contributed by atoms with Gasteiger partial charge in [0.25, 0.3) is 11.5 Å². The SMILES string of the molecule is Cc1cnc2c(S(=O)(=O)N3CCN(C(=O)c4ccn(C)c(=O)c4)CC3)cccc2c1. The van der Waals surface area contributed by atoms with Crippen LogP contribution in [0.1, 0.15) is 15.9 Å². The number of fused-ring (bicyclic) bond motifs is 1. The minimum atomic E-state index is -3.75. The number of piperazine rings is 1. The highest BCUT2D eigenvalue weighted by Gasteiger charge is 2.32. The van der Waals surface area contributed by atoms with Crippen LogP contribution in [-0.2, 0) is 17.1 Å². The van der Waals surface area contributed by atoms with Crippen LogP contribution >= 0.6 is 0 Å². The molecule has 3 heterocycles. The largest absolute Gasteiger partial charge is 0.336 e. The van der Waals surface area contributed by atoms with Crippen molar-refractivity contribution in [1.82, 2.24) is 18.8 Å². The fraction of sp³-hybridized carbons (Fsp3) is 0.286. The first kappa shape index (κ1) is 20.2. The zero-order chi connectivity index (χ0) is 21.5. The fourth-order valence-corrected chi connectivity index (χ4v) is 5.17. The molecule has 0 atom stereocenters. The zero-order valence-corrected chi connectivity index (χ0v) is 17.6. The van der Waals surface area contributed by atoms with Crippen LogP contribution in [0, 0.1) is 6.92 Å². The van der Waals surface area contributed by atoms with E-state index in [1.165, 1.54) is 14.9 Å². The number of aryl methyl sites for hydroxylation is 2. The standard InChI is InChI=1S/C21H22N4O4S/c1-15-12-16-4-3-5-18(20(16)22-14-15)30(28,29)25-10-8-24(9-11-25)21(27)17-6-7-23(2)19(26)13-17/h3-7,12-14H,8-11H2,1-2H3. The van der Waals surface area contributed by atoms with Gasteiger partial charge in [-0.15, -0.1) is 0 Å². The Hall–Kier alpha value is -3.04. The van der Waals surface area contributed by atoms with E-state index in [9.17, 15) is 18.0 Å². The van der Waals surface area contributed by atoms with Gasteiger partial charge in [-0.3, -0.25) is 14.6 Å². The molecule has 30 heavy (non-hydrogen) atoms. The van der Waals surface area contributed by atoms with Crippen LogP contribution in [-0.4, -0.2) is 59.3 Å². The van der Waals surface area contributed by atoms with Crippen molar-refractivity contribution in [3.63, 3.8) is 0 Å². The maximum Gasteiger partial charge on any atom is 0.254 e. The Labute approximate surface area is 174 Å². The molecule has 1 amide bonds. The molecule has 0 N–H and O–H groups in total. The van der Waals surface area contributed by atoms with Crippen LogP contribution in [0.3, 0.4) is 0 Å². The molecule has 1 aliphatic rings. The fourth-order valence-electron chi connectivity index (χ4n) is 3.59. The van der Waals surface area contributed by atoms with E-state index >= 15 is 0 Å². The third kappa shape index (κ3) is 3.61. The summed E-state index contributed by atoms with van der Waals surface area (Å²) in [4.78, 5) is 30.6. The first-order chi connectivity index (χ1) is 14.3. The average Bonchev–Trinajstić information content (AvgIpc) is 2.74. The average molecular weight is 426 g/mol. The third-order valence-electron chi connectivity index (χ3n) is 5.31. The van der Waals surface area contributed by atoms with Crippen molar-refractivity contribution in [3.05, 3.63) is 70.3 Å². The highest BCUT2D eigenvalue weighted by molar-refractivity contribution is 7.89. The van der Waals surface area contributed by atoms with Crippen LogP contribution in [0.4, 0.5) is 0 Å². The molecule has 4 rings (SSSR count). The van der Waals surface area contributed by atoms with Crippen molar-refractivity contribution in [2.75, 3.05) is 26.2 Å². The molecule has 0 aliphatic carbocycles. The summed E-state index contributed by atoms with van der Waals surface area (Å²) in [5.74, 6) is -0.271. The van der Waals surface area contributed by atoms with E-state index in [1.807, 2.05) is 19.1 Å². The molecule has 156 valence electrons. The van der Waals surface area contributed by atoms with Crippen LogP contribution in [0.15, 0.2) is 58.5 Å². The van der Waals surface area contributed by atoms with Crippen LogP contribution in [0.5, 0.6) is 0 Å². The lowest BCUT2D eigenvalue weighted by atomic mass is 10.2. The lowest BCUT2D eigenvalue weighted by molar-refractivity contribution is 0.0697. The summed E-state index contributed by atoms with van der Waals surface area (Å²) in [6.45, 7) is 2.78. The number of carbonyl (C=O) groups is 1. The Morgan fingerprint density at radius 2 is 1.80 bits per heavy atom. The van der Waals surface area contributed by atoms with Gasteiger partial charge in [-0.25, -0.2) is 8.42 Å². The Morgan fingerprint density at radius 1 is 1.07 bits per heavy atom. The number of benzene rings is 1. The number of aromatic nitrogens is 2. The van der Waals surface area contributed by atoms with Gasteiger partial charge >= 0.3 is 0 Å². The molecule has 1 saturated heterocycles. The van der Waals surface area contributed by atoms with Crippen molar-refractivity contribution in [1.29, 1.82) is 0 Å². The van der Waals surface area contributed by atoms with E-state index in [2.05, 4.69) is 4.98 Å². The molecule has 1 aromatic carbocycles. The topological polar surface area (TPSA) is 92.6 Å². The molecule has 0 unspecified atom stereocenters. The van der Waals surface area contributed by atoms with E-state index < -0.39 is 10.0 Å². The molecule has 1 fully saturated rings. The van der Waals surface area contributed by atoms with Gasteiger partial charge < -0.3 is 9.47 Å². The molecule has 2 aromatic heterocycles. The van der Waals surface area contributed by atoms with Gasteiger partial charge in [0.15, 0.2) is 0 Å². The van der Waals surface area contributed by atoms with Gasteiger partial charge in [-0.1, -0.05) is 12.1 Å². The predicted molar refractivity (Wildman–Crippen MR) is 113 cm³/mol. The second-order valence-electron chi connectivity index (χ2n) is 7.40. The molecule has 0 saturated carbocycles. The summed E-state index contributed by atoms with van der Waals surface area (Å²) in [6, 6.07) is 9.92. The molecule has 1 aliphatic heterocycles. The number of pyridine rings is 2. The number of para-hydroxylation sites is 1. The van der Waals surface area contributed by atoms with Crippen LogP contribution in [0.2, 0.25) is 0 Å². The summed E-state index contributed by atoms with van der Waals surface area (Å²) in [5.41, 5.74) is 1.45. The molecular weight excluding hydrogens is 404 g/mol. The monoisotopic (exact) mass is 426 g/mol. The number of nitrogens with zero attached hydrogens (tertiary/aromatic N) is 4. The highest BCUT2D eigenvalue weighted by atomic mass is 32.2. The van der Waals surface area contributed by atoms with Crippen molar-refractivity contribution in [2.24, 2.45) is 7.05 Å². The quantitative estimate of drug-likeness (QED) is 0.631. The second-order valence-corrected chi connectivity index (χ2v) is 9.31. The number of rotatable bonds is 3. The Bertz CT molecular complexity index is 1290. The Kier molecular flexibility index (Phi) is 5.17.